The van der Waals surface area contributed by atoms with Crippen LogP contribution in [-0.4, -0.2) is 17.0 Å². The second kappa shape index (κ2) is 5.92. The first kappa shape index (κ1) is 14.8. The number of hydrogen-bond donors (Lipinski definition) is 2. The van der Waals surface area contributed by atoms with Crippen molar-refractivity contribution >= 4 is 22.8 Å². The highest BCUT2D eigenvalue weighted by atomic mass is 19.1. The molecule has 23 heavy (non-hydrogen) atoms. The molecule has 3 aromatic rings. The number of carboxylic acid groups (broad SMARTS) is 1. The highest BCUT2D eigenvalue weighted by Gasteiger charge is 2.26. The molecule has 6 heteroatoms. The molecule has 1 aromatic heterocycles. The van der Waals surface area contributed by atoms with E-state index in [0.717, 1.165) is 6.07 Å². The number of aliphatic carboxylic acids is 1. The molecule has 1 heterocycles. The van der Waals surface area contributed by atoms with Gasteiger partial charge in [-0.1, -0.05) is 36.4 Å². The highest BCUT2D eigenvalue weighted by Crippen LogP contribution is 2.23. The Labute approximate surface area is 130 Å². The van der Waals surface area contributed by atoms with Crippen molar-refractivity contribution in [2.75, 3.05) is 0 Å². The van der Waals surface area contributed by atoms with E-state index < -0.39 is 23.7 Å². The Bertz CT molecular complexity index is 887. The van der Waals surface area contributed by atoms with Crippen molar-refractivity contribution < 1.29 is 23.5 Å². The lowest BCUT2D eigenvalue weighted by atomic mass is 10.1. The average molecular weight is 313 g/mol. The average Bonchev–Trinajstić information content (AvgIpc) is 2.97. The number of nitrogens with one attached hydrogen (secondary N) is 1. The van der Waals surface area contributed by atoms with Crippen LogP contribution in [0.1, 0.15) is 22.0 Å². The molecule has 0 bridgehead atoms. The molecule has 0 spiro atoms. The van der Waals surface area contributed by atoms with Crippen LogP contribution in [0.15, 0.2) is 59.2 Å². The van der Waals surface area contributed by atoms with Gasteiger partial charge in [0.2, 0.25) is 0 Å². The number of amides is 1. The summed E-state index contributed by atoms with van der Waals surface area (Å²) in [6, 6.07) is 10.8. The van der Waals surface area contributed by atoms with Crippen LogP contribution in [0.4, 0.5) is 4.39 Å². The Hall–Kier alpha value is -3.15. The summed E-state index contributed by atoms with van der Waals surface area (Å²) in [6.07, 6.45) is 1.25. The van der Waals surface area contributed by atoms with Crippen molar-refractivity contribution in [3.8, 4) is 0 Å². The summed E-state index contributed by atoms with van der Waals surface area (Å²) >= 11 is 0. The number of halogens is 1. The largest absolute Gasteiger partial charge is 0.479 e. The van der Waals surface area contributed by atoms with E-state index in [4.69, 9.17) is 4.42 Å². The number of rotatable bonds is 4. The van der Waals surface area contributed by atoms with Crippen LogP contribution in [0.25, 0.3) is 11.0 Å². The van der Waals surface area contributed by atoms with Gasteiger partial charge >= 0.3 is 5.97 Å². The van der Waals surface area contributed by atoms with Crippen LogP contribution in [0.2, 0.25) is 0 Å². The van der Waals surface area contributed by atoms with Gasteiger partial charge in [0.1, 0.15) is 17.7 Å². The molecular formula is C17H12FNO4. The maximum Gasteiger partial charge on any atom is 0.331 e. The first-order chi connectivity index (χ1) is 11.1. The quantitative estimate of drug-likeness (QED) is 0.775. The number of benzene rings is 2. The smallest absolute Gasteiger partial charge is 0.331 e. The fraction of sp³-hybridized carbons (Fsp3) is 0.0588. The van der Waals surface area contributed by atoms with Gasteiger partial charge in [-0.15, -0.1) is 0 Å². The standard InChI is InChI=1S/C17H12FNO4/c18-13-7-3-1-6-11(13)15(17(21)22)19-16(20)12-9-23-14-8-4-2-5-10(12)14/h1-9,15H,(H,19,20)(H,21,22)/t15-/m1/s1. The van der Waals surface area contributed by atoms with Crippen molar-refractivity contribution in [1.29, 1.82) is 0 Å². The minimum atomic E-state index is -1.49. The number of carbonyl (C=O) groups excluding carboxylic acids is 1. The summed E-state index contributed by atoms with van der Waals surface area (Å²) in [5, 5.41) is 12.2. The van der Waals surface area contributed by atoms with Gasteiger partial charge in [-0.25, -0.2) is 9.18 Å². The third-order valence-electron chi connectivity index (χ3n) is 3.46. The Balaban J connectivity index is 1.93. The van der Waals surface area contributed by atoms with Crippen LogP contribution in [0.3, 0.4) is 0 Å². The Morgan fingerprint density at radius 2 is 1.78 bits per heavy atom. The summed E-state index contributed by atoms with van der Waals surface area (Å²) in [4.78, 5) is 23.8. The van der Waals surface area contributed by atoms with Gasteiger partial charge in [0.05, 0.1) is 5.56 Å². The molecule has 2 aromatic carbocycles. The van der Waals surface area contributed by atoms with Gasteiger partial charge < -0.3 is 14.8 Å². The minimum absolute atomic E-state index is 0.110. The molecule has 0 aliphatic carbocycles. The molecule has 2 N–H and O–H groups in total. The predicted octanol–water partition coefficient (Wildman–Crippen LogP) is 3.13. The minimum Gasteiger partial charge on any atom is -0.479 e. The predicted molar refractivity (Wildman–Crippen MR) is 80.5 cm³/mol. The highest BCUT2D eigenvalue weighted by molar-refractivity contribution is 6.06. The van der Waals surface area contributed by atoms with E-state index in [2.05, 4.69) is 5.32 Å². The summed E-state index contributed by atoms with van der Waals surface area (Å²) < 4.78 is 19.1. The molecule has 0 aliphatic rings. The number of carboxylic acids is 1. The van der Waals surface area contributed by atoms with E-state index in [1.54, 1.807) is 24.3 Å². The van der Waals surface area contributed by atoms with Crippen LogP contribution < -0.4 is 5.32 Å². The molecule has 0 aliphatic heterocycles. The molecule has 1 atom stereocenters. The zero-order valence-electron chi connectivity index (χ0n) is 11.8. The number of furan rings is 1. The molecule has 0 unspecified atom stereocenters. The molecule has 0 radical (unpaired) electrons. The molecule has 5 nitrogen and oxygen atoms in total. The number of carbonyl (C=O) groups is 2. The van der Waals surface area contributed by atoms with Gasteiger partial charge in [-0.05, 0) is 12.1 Å². The normalized spacial score (nSPS) is 12.0. The first-order valence-electron chi connectivity index (χ1n) is 6.82. The second-order valence-electron chi connectivity index (χ2n) is 4.91. The van der Waals surface area contributed by atoms with Crippen LogP contribution >= 0.6 is 0 Å². The van der Waals surface area contributed by atoms with Gasteiger partial charge in [0.15, 0.2) is 6.04 Å². The molecule has 116 valence electrons. The Morgan fingerprint density at radius 3 is 2.52 bits per heavy atom. The lowest BCUT2D eigenvalue weighted by molar-refractivity contribution is -0.139. The van der Waals surface area contributed by atoms with Crippen LogP contribution in [0.5, 0.6) is 0 Å². The van der Waals surface area contributed by atoms with E-state index in [-0.39, 0.29) is 11.1 Å². The third kappa shape index (κ3) is 2.78. The number of fused-ring (bicyclic) bond motifs is 1. The van der Waals surface area contributed by atoms with Crippen molar-refractivity contribution in [1.82, 2.24) is 5.32 Å². The van der Waals surface area contributed by atoms with E-state index in [9.17, 15) is 19.1 Å². The lowest BCUT2D eigenvalue weighted by Gasteiger charge is -2.15. The Morgan fingerprint density at radius 1 is 1.09 bits per heavy atom. The van der Waals surface area contributed by atoms with Gasteiger partial charge in [0.25, 0.3) is 5.91 Å². The van der Waals surface area contributed by atoms with Crippen LogP contribution in [-0.2, 0) is 4.79 Å². The fourth-order valence-electron chi connectivity index (χ4n) is 2.34. The number of hydrogen-bond acceptors (Lipinski definition) is 3. The molecule has 0 saturated carbocycles. The fourth-order valence-corrected chi connectivity index (χ4v) is 2.34. The monoisotopic (exact) mass is 313 g/mol. The summed E-state index contributed by atoms with van der Waals surface area (Å²) in [6.45, 7) is 0. The maximum atomic E-state index is 13.8. The summed E-state index contributed by atoms with van der Waals surface area (Å²) in [5.41, 5.74) is 0.597. The van der Waals surface area contributed by atoms with Crippen molar-refractivity contribution in [3.05, 3.63) is 71.7 Å². The van der Waals surface area contributed by atoms with Crippen molar-refractivity contribution in [2.45, 2.75) is 6.04 Å². The van der Waals surface area contributed by atoms with Crippen molar-refractivity contribution in [2.24, 2.45) is 0 Å². The van der Waals surface area contributed by atoms with Gasteiger partial charge in [0, 0.05) is 10.9 Å². The first-order valence-corrected chi connectivity index (χ1v) is 6.82. The van der Waals surface area contributed by atoms with Crippen LogP contribution in [0, 0.1) is 5.82 Å². The molecule has 0 saturated heterocycles. The number of para-hydroxylation sites is 1. The van der Waals surface area contributed by atoms with E-state index >= 15 is 0 Å². The molecular weight excluding hydrogens is 301 g/mol. The lowest BCUT2D eigenvalue weighted by Crippen LogP contribution is -2.34. The summed E-state index contributed by atoms with van der Waals surface area (Å²) in [5.74, 6) is -2.70. The van der Waals surface area contributed by atoms with Gasteiger partial charge in [-0.3, -0.25) is 4.79 Å². The third-order valence-corrected chi connectivity index (χ3v) is 3.46. The zero-order valence-corrected chi connectivity index (χ0v) is 11.8. The molecule has 3 rings (SSSR count). The zero-order chi connectivity index (χ0) is 16.4. The molecule has 0 fully saturated rings. The Kier molecular flexibility index (Phi) is 3.80. The molecule has 1 amide bonds. The van der Waals surface area contributed by atoms with Crippen molar-refractivity contribution in [3.63, 3.8) is 0 Å². The summed E-state index contributed by atoms with van der Waals surface area (Å²) in [7, 11) is 0. The van der Waals surface area contributed by atoms with E-state index in [0.29, 0.717) is 11.0 Å². The SMILES string of the molecule is O=C(N[C@@H](C(=O)O)c1ccccc1F)c1coc2ccccc12. The maximum absolute atomic E-state index is 13.8. The second-order valence-corrected chi connectivity index (χ2v) is 4.91. The van der Waals surface area contributed by atoms with E-state index in [1.807, 2.05) is 0 Å². The van der Waals surface area contributed by atoms with E-state index in [1.165, 1.54) is 24.5 Å². The van der Waals surface area contributed by atoms with Gasteiger partial charge in [-0.2, -0.15) is 0 Å². The topological polar surface area (TPSA) is 79.5 Å².